The molecule has 1 amide bonds. The van der Waals surface area contributed by atoms with Crippen molar-refractivity contribution in [2.24, 2.45) is 0 Å². The molecule has 0 heterocycles. The van der Waals surface area contributed by atoms with Crippen LogP contribution in [0.5, 0.6) is 0 Å². The fraction of sp³-hybridized carbons (Fsp3) is 0.300. The first kappa shape index (κ1) is 19.6. The van der Waals surface area contributed by atoms with Crippen LogP contribution in [0.1, 0.15) is 63.1 Å². The monoisotopic (exact) mass is 373 g/mol. The third-order valence-electron chi connectivity index (χ3n) is 4.00. The molecule has 2 aromatic rings. The molecule has 3 nitrogen and oxygen atoms in total. The summed E-state index contributed by atoms with van der Waals surface area (Å²) in [6.45, 7) is 5.92. The van der Waals surface area contributed by atoms with E-state index in [2.05, 4.69) is 19.2 Å². The van der Waals surface area contributed by atoms with Gasteiger partial charge in [0.05, 0.1) is 0 Å². The summed E-state index contributed by atoms with van der Waals surface area (Å²) < 4.78 is 0. The molecule has 132 valence electrons. The van der Waals surface area contributed by atoms with E-state index in [0.717, 1.165) is 5.56 Å². The van der Waals surface area contributed by atoms with Crippen molar-refractivity contribution in [3.05, 3.63) is 70.8 Å². The Kier molecular flexibility index (Phi) is 7.14. The lowest BCUT2D eigenvalue weighted by Gasteiger charge is -2.16. The Balaban J connectivity index is 1.93. The first-order chi connectivity index (χ1) is 11.9. The number of benzene rings is 2. The Hall–Kier alpha value is -1.72. The van der Waals surface area contributed by atoms with Gasteiger partial charge in [0, 0.05) is 28.7 Å². The van der Waals surface area contributed by atoms with E-state index >= 15 is 0 Å². The average molecular weight is 374 g/mol. The maximum absolute atomic E-state index is 11.6. The topological polar surface area (TPSA) is 46.2 Å². The zero-order valence-corrected chi connectivity index (χ0v) is 16.5. The van der Waals surface area contributed by atoms with Crippen LogP contribution in [0.3, 0.4) is 0 Å². The first-order valence-electron chi connectivity index (χ1n) is 8.17. The Bertz CT molecular complexity index is 726. The molecule has 0 aliphatic rings. The molecule has 1 N–H and O–H groups in total. The van der Waals surface area contributed by atoms with E-state index in [9.17, 15) is 9.59 Å². The van der Waals surface area contributed by atoms with Gasteiger partial charge in [-0.25, -0.2) is 0 Å². The third-order valence-corrected chi connectivity index (χ3v) is 7.30. The smallest absolute Gasteiger partial charge is 0.251 e. The molecule has 5 heteroatoms. The minimum atomic E-state index is -0.0659. The molecule has 0 bridgehead atoms. The second-order valence-corrected chi connectivity index (χ2v) is 8.81. The highest BCUT2D eigenvalue weighted by Crippen LogP contribution is 2.45. The minimum absolute atomic E-state index is 0.0659. The summed E-state index contributed by atoms with van der Waals surface area (Å²) in [5, 5.41) is 3.28. The zero-order chi connectivity index (χ0) is 18.4. The molecule has 0 saturated carbocycles. The molecule has 0 fully saturated rings. The summed E-state index contributed by atoms with van der Waals surface area (Å²) in [6, 6.07) is 15.6. The van der Waals surface area contributed by atoms with Crippen LogP contribution in [0.4, 0.5) is 0 Å². The second kappa shape index (κ2) is 9.11. The third kappa shape index (κ3) is 5.38. The SMILES string of the molecule is CNC(=O)c1ccc(C(C)SSC(C)c2ccc(C(C)=O)cc2)cc1. The van der Waals surface area contributed by atoms with Crippen LogP contribution in [-0.4, -0.2) is 18.7 Å². The van der Waals surface area contributed by atoms with Crippen molar-refractivity contribution < 1.29 is 9.59 Å². The van der Waals surface area contributed by atoms with Crippen LogP contribution < -0.4 is 5.32 Å². The Labute approximate surface area is 157 Å². The fourth-order valence-corrected chi connectivity index (χ4v) is 4.85. The number of carbonyl (C=O) groups is 2. The molecule has 2 rings (SSSR count). The van der Waals surface area contributed by atoms with Gasteiger partial charge in [-0.15, -0.1) is 0 Å². The molecule has 0 aliphatic heterocycles. The van der Waals surface area contributed by atoms with Crippen LogP contribution in [0, 0.1) is 0 Å². The van der Waals surface area contributed by atoms with Gasteiger partial charge in [0.15, 0.2) is 5.78 Å². The summed E-state index contributed by atoms with van der Waals surface area (Å²) >= 11 is 0. The molecule has 0 aromatic heterocycles. The second-order valence-electron chi connectivity index (χ2n) is 5.86. The zero-order valence-electron chi connectivity index (χ0n) is 14.9. The van der Waals surface area contributed by atoms with Crippen molar-refractivity contribution in [1.29, 1.82) is 0 Å². The average Bonchev–Trinajstić information content (AvgIpc) is 2.65. The summed E-state index contributed by atoms with van der Waals surface area (Å²) in [6.07, 6.45) is 0. The molecule has 2 unspecified atom stereocenters. The molecular formula is C20H23NO2S2. The van der Waals surface area contributed by atoms with E-state index in [0.29, 0.717) is 16.1 Å². The Morgan fingerprint density at radius 3 is 1.56 bits per heavy atom. The van der Waals surface area contributed by atoms with E-state index in [1.807, 2.05) is 70.1 Å². The number of Topliss-reactive ketones (excluding diaryl/α,β-unsaturated/α-hetero) is 1. The molecule has 0 radical (unpaired) electrons. The van der Waals surface area contributed by atoms with E-state index in [1.54, 1.807) is 14.0 Å². The van der Waals surface area contributed by atoms with Gasteiger partial charge < -0.3 is 5.32 Å². The minimum Gasteiger partial charge on any atom is -0.355 e. The van der Waals surface area contributed by atoms with Gasteiger partial charge in [0.1, 0.15) is 0 Å². The quantitative estimate of drug-likeness (QED) is 0.518. The van der Waals surface area contributed by atoms with Gasteiger partial charge in [0.25, 0.3) is 5.91 Å². The van der Waals surface area contributed by atoms with Gasteiger partial charge in [0.2, 0.25) is 0 Å². The van der Waals surface area contributed by atoms with Crippen LogP contribution in [0.15, 0.2) is 48.5 Å². The lowest BCUT2D eigenvalue weighted by molar-refractivity contribution is 0.0962. The molecule has 0 spiro atoms. The first-order valence-corrected chi connectivity index (χ1v) is 10.4. The number of hydrogen-bond donors (Lipinski definition) is 1. The highest BCUT2D eigenvalue weighted by molar-refractivity contribution is 8.76. The molecule has 2 atom stereocenters. The van der Waals surface area contributed by atoms with Crippen molar-refractivity contribution in [1.82, 2.24) is 5.32 Å². The maximum atomic E-state index is 11.6. The number of amides is 1. The molecule has 2 aromatic carbocycles. The van der Waals surface area contributed by atoms with Crippen LogP contribution in [-0.2, 0) is 0 Å². The summed E-state index contributed by atoms with van der Waals surface area (Å²) in [5.74, 6) is 0.0268. The Morgan fingerprint density at radius 2 is 1.20 bits per heavy atom. The number of rotatable bonds is 7. The summed E-state index contributed by atoms with van der Waals surface area (Å²) in [4.78, 5) is 22.9. The lowest BCUT2D eigenvalue weighted by Crippen LogP contribution is -2.17. The fourth-order valence-electron chi connectivity index (χ4n) is 2.32. The van der Waals surface area contributed by atoms with Crippen LogP contribution in [0.2, 0.25) is 0 Å². The van der Waals surface area contributed by atoms with Crippen molar-refractivity contribution in [3.63, 3.8) is 0 Å². The molecule has 0 saturated heterocycles. The predicted molar refractivity (Wildman–Crippen MR) is 108 cm³/mol. The molecule has 25 heavy (non-hydrogen) atoms. The van der Waals surface area contributed by atoms with Gasteiger partial charge in [-0.05, 0) is 44.0 Å². The van der Waals surface area contributed by atoms with E-state index < -0.39 is 0 Å². The van der Waals surface area contributed by atoms with Crippen LogP contribution >= 0.6 is 21.6 Å². The van der Waals surface area contributed by atoms with Gasteiger partial charge in [-0.3, -0.25) is 9.59 Å². The predicted octanol–water partition coefficient (Wildman–Crippen LogP) is 5.45. The summed E-state index contributed by atoms with van der Waals surface area (Å²) in [5.41, 5.74) is 3.84. The van der Waals surface area contributed by atoms with Gasteiger partial charge >= 0.3 is 0 Å². The normalized spacial score (nSPS) is 13.1. The van der Waals surface area contributed by atoms with Crippen molar-refractivity contribution >= 4 is 33.3 Å². The standard InChI is InChI=1S/C20H23NO2S2/c1-13(22)16-5-7-17(8-6-16)14(2)24-25-15(3)18-9-11-19(12-10-18)20(23)21-4/h5-12,14-15H,1-4H3,(H,21,23). The number of ketones is 1. The highest BCUT2D eigenvalue weighted by Gasteiger charge is 2.13. The largest absolute Gasteiger partial charge is 0.355 e. The number of hydrogen-bond acceptors (Lipinski definition) is 4. The van der Waals surface area contributed by atoms with Crippen LogP contribution in [0.25, 0.3) is 0 Å². The van der Waals surface area contributed by atoms with E-state index in [-0.39, 0.29) is 11.7 Å². The van der Waals surface area contributed by atoms with E-state index in [1.165, 1.54) is 11.1 Å². The molecular weight excluding hydrogens is 350 g/mol. The van der Waals surface area contributed by atoms with Crippen molar-refractivity contribution in [2.75, 3.05) is 7.05 Å². The Morgan fingerprint density at radius 1 is 0.800 bits per heavy atom. The summed E-state index contributed by atoms with van der Waals surface area (Å²) in [7, 11) is 5.26. The van der Waals surface area contributed by atoms with Gasteiger partial charge in [-0.1, -0.05) is 58.0 Å². The number of nitrogens with one attached hydrogen (secondary N) is 1. The van der Waals surface area contributed by atoms with Crippen molar-refractivity contribution in [3.8, 4) is 0 Å². The number of carbonyl (C=O) groups excluding carboxylic acids is 2. The van der Waals surface area contributed by atoms with Crippen molar-refractivity contribution in [2.45, 2.75) is 31.3 Å². The highest BCUT2D eigenvalue weighted by atomic mass is 33.1. The van der Waals surface area contributed by atoms with Gasteiger partial charge in [-0.2, -0.15) is 0 Å². The maximum Gasteiger partial charge on any atom is 0.251 e. The van der Waals surface area contributed by atoms with E-state index in [4.69, 9.17) is 0 Å². The molecule has 0 aliphatic carbocycles. The lowest BCUT2D eigenvalue weighted by atomic mass is 10.1.